The molecular formula is C2H8K2O3S. The topological polar surface area (TPSA) is 54.4 Å². The fraction of sp³-hybridized carbons (Fsp3) is 1.00. The van der Waals surface area contributed by atoms with Gasteiger partial charge in [-0.05, 0) is 6.92 Å². The second-order valence-corrected chi connectivity index (χ2v) is 2.61. The van der Waals surface area contributed by atoms with Crippen molar-refractivity contribution in [1.29, 1.82) is 0 Å². The maximum absolute atomic E-state index is 9.56. The van der Waals surface area contributed by atoms with Gasteiger partial charge in [-0.1, -0.05) is 0 Å². The zero-order valence-corrected chi connectivity index (χ0v) is 4.20. The Bertz CT molecular complexity index is 117. The SMILES string of the molecule is CCS(=O)(=O)O.[KH].[KH]. The zero-order valence-electron chi connectivity index (χ0n) is 3.38. The van der Waals surface area contributed by atoms with Gasteiger partial charge in [-0.25, -0.2) is 0 Å². The third-order valence-corrected chi connectivity index (χ3v) is 1.09. The molecule has 0 aliphatic heterocycles. The van der Waals surface area contributed by atoms with Crippen molar-refractivity contribution in [2.75, 3.05) is 5.75 Å². The zero-order chi connectivity index (χ0) is 5.21. The van der Waals surface area contributed by atoms with E-state index in [-0.39, 0.29) is 109 Å². The molecule has 3 nitrogen and oxygen atoms in total. The van der Waals surface area contributed by atoms with Gasteiger partial charge in [0.1, 0.15) is 0 Å². The molecule has 42 valence electrons. The van der Waals surface area contributed by atoms with Gasteiger partial charge in [0.05, 0.1) is 5.75 Å². The Morgan fingerprint density at radius 2 is 1.50 bits per heavy atom. The van der Waals surface area contributed by atoms with E-state index < -0.39 is 10.1 Å². The molecule has 0 atom stereocenters. The predicted octanol–water partition coefficient (Wildman–Crippen LogP) is -1.40. The van der Waals surface area contributed by atoms with E-state index in [0.717, 1.165) is 0 Å². The molecule has 1 N–H and O–H groups in total. The molecule has 0 aromatic rings. The summed E-state index contributed by atoms with van der Waals surface area (Å²) in [6.07, 6.45) is 0. The van der Waals surface area contributed by atoms with Crippen LogP contribution < -0.4 is 0 Å². The Kier molecular flexibility index (Phi) is 17.9. The van der Waals surface area contributed by atoms with Crippen molar-refractivity contribution in [3.8, 4) is 0 Å². The van der Waals surface area contributed by atoms with Gasteiger partial charge in [0.2, 0.25) is 0 Å². The standard InChI is InChI=1S/C2H6O3S.2K.2H/c1-2-6(3,4)5;;;;/h2H2,1H3,(H,3,4,5);;;;. The first-order valence-corrected chi connectivity index (χ1v) is 3.12. The minimum atomic E-state index is -3.66. The van der Waals surface area contributed by atoms with E-state index in [9.17, 15) is 8.42 Å². The van der Waals surface area contributed by atoms with Gasteiger partial charge < -0.3 is 0 Å². The molecule has 0 spiro atoms. The molecule has 6 heteroatoms. The Labute approximate surface area is 135 Å². The fourth-order valence-electron chi connectivity index (χ4n) is 0. The quantitative estimate of drug-likeness (QED) is 0.409. The monoisotopic (exact) mass is 190 g/mol. The Morgan fingerprint density at radius 3 is 1.50 bits per heavy atom. The van der Waals surface area contributed by atoms with Gasteiger partial charge >= 0.3 is 103 Å². The minimum absolute atomic E-state index is 0. The van der Waals surface area contributed by atoms with Gasteiger partial charge in [-0.2, -0.15) is 8.42 Å². The van der Waals surface area contributed by atoms with E-state index in [1.165, 1.54) is 6.92 Å². The third kappa shape index (κ3) is 16.1. The molecule has 0 radical (unpaired) electrons. The summed E-state index contributed by atoms with van der Waals surface area (Å²) in [6, 6.07) is 0. The molecule has 0 saturated carbocycles. The fourth-order valence-corrected chi connectivity index (χ4v) is 0. The third-order valence-electron chi connectivity index (χ3n) is 0.365. The summed E-state index contributed by atoms with van der Waals surface area (Å²) in [5.74, 6) is -0.201. The second-order valence-electron chi connectivity index (χ2n) is 0.871. The Morgan fingerprint density at radius 1 is 1.38 bits per heavy atom. The average Bonchev–Trinajstić information content (AvgIpc) is 1.35. The van der Waals surface area contributed by atoms with E-state index in [2.05, 4.69) is 0 Å². The van der Waals surface area contributed by atoms with Crippen LogP contribution in [0.4, 0.5) is 0 Å². The van der Waals surface area contributed by atoms with Crippen molar-refractivity contribution in [2.24, 2.45) is 0 Å². The molecular weight excluding hydrogens is 182 g/mol. The number of hydrogen-bond acceptors (Lipinski definition) is 2. The molecule has 0 saturated heterocycles. The van der Waals surface area contributed by atoms with Crippen LogP contribution in [0, 0.1) is 0 Å². The molecule has 0 bridgehead atoms. The first kappa shape index (κ1) is 17.3. The van der Waals surface area contributed by atoms with E-state index in [4.69, 9.17) is 4.55 Å². The van der Waals surface area contributed by atoms with Crippen molar-refractivity contribution < 1.29 is 13.0 Å². The van der Waals surface area contributed by atoms with E-state index >= 15 is 0 Å². The van der Waals surface area contributed by atoms with Gasteiger partial charge in [0, 0.05) is 0 Å². The van der Waals surface area contributed by atoms with Crippen LogP contribution in [0.1, 0.15) is 6.92 Å². The number of rotatable bonds is 1. The first-order valence-electron chi connectivity index (χ1n) is 1.51. The van der Waals surface area contributed by atoms with E-state index in [1.807, 2.05) is 0 Å². The summed E-state index contributed by atoms with van der Waals surface area (Å²) < 4.78 is 26.9. The van der Waals surface area contributed by atoms with E-state index in [1.54, 1.807) is 0 Å². The summed E-state index contributed by atoms with van der Waals surface area (Å²) in [4.78, 5) is 0. The van der Waals surface area contributed by atoms with E-state index in [0.29, 0.717) is 0 Å². The molecule has 0 aliphatic carbocycles. The summed E-state index contributed by atoms with van der Waals surface area (Å²) in [7, 11) is -3.66. The maximum atomic E-state index is 9.56. The summed E-state index contributed by atoms with van der Waals surface area (Å²) in [6.45, 7) is 1.37. The summed E-state index contributed by atoms with van der Waals surface area (Å²) in [5.41, 5.74) is 0. The number of hydrogen-bond donors (Lipinski definition) is 1. The van der Waals surface area contributed by atoms with Gasteiger partial charge in [-0.15, -0.1) is 0 Å². The van der Waals surface area contributed by atoms with Gasteiger partial charge in [0.15, 0.2) is 0 Å². The normalized spacial score (nSPS) is 8.75. The Balaban J connectivity index is -0.000000125. The van der Waals surface area contributed by atoms with Crippen molar-refractivity contribution in [1.82, 2.24) is 0 Å². The second kappa shape index (κ2) is 8.28. The van der Waals surface area contributed by atoms with Crippen molar-refractivity contribution in [3.63, 3.8) is 0 Å². The van der Waals surface area contributed by atoms with Crippen LogP contribution in [0.25, 0.3) is 0 Å². The molecule has 0 unspecified atom stereocenters. The van der Waals surface area contributed by atoms with Crippen molar-refractivity contribution in [2.45, 2.75) is 6.92 Å². The van der Waals surface area contributed by atoms with Crippen LogP contribution in [0.2, 0.25) is 0 Å². The molecule has 0 aromatic heterocycles. The molecule has 0 aliphatic rings. The molecule has 8 heavy (non-hydrogen) atoms. The first-order chi connectivity index (χ1) is 2.56. The Hall–Kier alpha value is 3.18. The van der Waals surface area contributed by atoms with Crippen LogP contribution in [0.5, 0.6) is 0 Å². The van der Waals surface area contributed by atoms with Crippen molar-refractivity contribution >= 4 is 113 Å². The van der Waals surface area contributed by atoms with Crippen molar-refractivity contribution in [3.05, 3.63) is 0 Å². The van der Waals surface area contributed by atoms with Crippen LogP contribution in [-0.2, 0) is 10.1 Å². The van der Waals surface area contributed by atoms with Gasteiger partial charge in [0.25, 0.3) is 10.1 Å². The average molecular weight is 190 g/mol. The van der Waals surface area contributed by atoms with Crippen LogP contribution in [0.3, 0.4) is 0 Å². The molecule has 0 rings (SSSR count). The molecule has 0 aromatic carbocycles. The van der Waals surface area contributed by atoms with Crippen LogP contribution in [0.15, 0.2) is 0 Å². The van der Waals surface area contributed by atoms with Crippen LogP contribution >= 0.6 is 0 Å². The molecule has 0 amide bonds. The molecule has 0 fully saturated rings. The summed E-state index contributed by atoms with van der Waals surface area (Å²) in [5, 5.41) is 0. The summed E-state index contributed by atoms with van der Waals surface area (Å²) >= 11 is 0. The molecule has 0 heterocycles. The van der Waals surface area contributed by atoms with Gasteiger partial charge in [-0.3, -0.25) is 4.55 Å². The van der Waals surface area contributed by atoms with Crippen LogP contribution in [-0.4, -0.2) is 121 Å². The predicted molar refractivity (Wildman–Crippen MR) is 36.4 cm³/mol.